The van der Waals surface area contributed by atoms with Gasteiger partial charge in [-0.2, -0.15) is 0 Å². The van der Waals surface area contributed by atoms with E-state index < -0.39 is 29.1 Å². The second kappa shape index (κ2) is 11.3. The lowest BCUT2D eigenvalue weighted by molar-refractivity contribution is -0.154. The van der Waals surface area contributed by atoms with E-state index in [0.29, 0.717) is 39.0 Å². The van der Waals surface area contributed by atoms with Crippen LogP contribution in [0.15, 0.2) is 54.6 Å². The highest BCUT2D eigenvalue weighted by molar-refractivity contribution is 6.00. The van der Waals surface area contributed by atoms with Crippen LogP contribution in [-0.2, 0) is 25.7 Å². The Bertz CT molecular complexity index is 1140. The third-order valence-corrected chi connectivity index (χ3v) is 8.91. The Morgan fingerprint density at radius 3 is 2.33 bits per heavy atom. The van der Waals surface area contributed by atoms with Crippen molar-refractivity contribution in [2.45, 2.75) is 69.7 Å². The third-order valence-electron chi connectivity index (χ3n) is 8.91. The van der Waals surface area contributed by atoms with Gasteiger partial charge in [-0.05, 0) is 24.8 Å². The number of hydrogen-bond acceptors (Lipinski definition) is 5. The summed E-state index contributed by atoms with van der Waals surface area (Å²) in [6, 6.07) is 8.99. The maximum absolute atomic E-state index is 14.4. The number of fused-ring (bicyclic) bond motifs is 2. The summed E-state index contributed by atoms with van der Waals surface area (Å²) in [5.41, 5.74) is -1.20. The van der Waals surface area contributed by atoms with E-state index in [2.05, 4.69) is 6.92 Å². The van der Waals surface area contributed by atoms with Crippen molar-refractivity contribution < 1.29 is 24.2 Å². The molecule has 8 nitrogen and oxygen atoms in total. The molecule has 210 valence electrons. The maximum Gasteiger partial charge on any atom is 0.249 e. The summed E-state index contributed by atoms with van der Waals surface area (Å²) in [5, 5.41) is 9.60. The van der Waals surface area contributed by atoms with Crippen LogP contribution in [0.5, 0.6) is 0 Å². The number of benzene rings is 1. The first kappa shape index (κ1) is 27.6. The van der Waals surface area contributed by atoms with Gasteiger partial charge in [0.15, 0.2) is 0 Å². The molecule has 5 atom stereocenters. The monoisotopic (exact) mass is 535 g/mol. The highest BCUT2D eigenvalue weighted by atomic mass is 16.5. The van der Waals surface area contributed by atoms with Crippen molar-refractivity contribution in [3.63, 3.8) is 0 Å². The lowest BCUT2D eigenvalue weighted by Crippen LogP contribution is -2.56. The SMILES string of the molecule is CCCCCN1CC=C[C@]23O[C@]4(CC)C=CCN(Cc5ccccc5)C(=O)[C@@H]4[C@H]2C(=O)N(CCCO)C3C1=O. The zero-order valence-electron chi connectivity index (χ0n) is 23.1. The van der Waals surface area contributed by atoms with Crippen molar-refractivity contribution in [2.24, 2.45) is 11.8 Å². The van der Waals surface area contributed by atoms with Gasteiger partial charge in [-0.25, -0.2) is 0 Å². The first-order chi connectivity index (χ1) is 18.9. The Morgan fingerprint density at radius 2 is 1.62 bits per heavy atom. The van der Waals surface area contributed by atoms with Crippen LogP contribution in [0.2, 0.25) is 0 Å². The normalized spacial score (nSPS) is 31.8. The van der Waals surface area contributed by atoms with Crippen molar-refractivity contribution in [2.75, 3.05) is 32.8 Å². The van der Waals surface area contributed by atoms with Gasteiger partial charge in [0.1, 0.15) is 11.6 Å². The predicted molar refractivity (Wildman–Crippen MR) is 147 cm³/mol. The van der Waals surface area contributed by atoms with Crippen LogP contribution in [0.4, 0.5) is 0 Å². The number of ether oxygens (including phenoxy) is 1. The van der Waals surface area contributed by atoms with Gasteiger partial charge in [-0.15, -0.1) is 0 Å². The fourth-order valence-corrected chi connectivity index (χ4v) is 7.04. The third kappa shape index (κ3) is 4.61. The summed E-state index contributed by atoms with van der Waals surface area (Å²) in [6.07, 6.45) is 11.6. The van der Waals surface area contributed by atoms with Crippen LogP contribution in [0.3, 0.4) is 0 Å². The Morgan fingerprint density at radius 1 is 0.872 bits per heavy atom. The molecule has 2 fully saturated rings. The van der Waals surface area contributed by atoms with E-state index in [1.807, 2.05) is 66.5 Å². The van der Waals surface area contributed by atoms with E-state index in [4.69, 9.17) is 4.74 Å². The molecule has 4 aliphatic rings. The van der Waals surface area contributed by atoms with E-state index in [1.54, 1.807) is 9.80 Å². The molecular weight excluding hydrogens is 494 g/mol. The van der Waals surface area contributed by atoms with E-state index in [1.165, 1.54) is 0 Å². The quantitative estimate of drug-likeness (QED) is 0.368. The summed E-state index contributed by atoms with van der Waals surface area (Å²) in [5.74, 6) is -2.04. The van der Waals surface area contributed by atoms with Gasteiger partial charge in [0.2, 0.25) is 17.7 Å². The van der Waals surface area contributed by atoms with Crippen LogP contribution in [-0.4, -0.2) is 87.6 Å². The van der Waals surface area contributed by atoms with Gasteiger partial charge >= 0.3 is 0 Å². The maximum atomic E-state index is 14.4. The molecule has 3 amide bonds. The summed E-state index contributed by atoms with van der Waals surface area (Å²) < 4.78 is 6.98. The molecule has 1 spiro atoms. The molecule has 4 heterocycles. The van der Waals surface area contributed by atoms with Crippen LogP contribution in [0.25, 0.3) is 0 Å². The smallest absolute Gasteiger partial charge is 0.249 e. The van der Waals surface area contributed by atoms with Gasteiger partial charge in [-0.1, -0.05) is 81.3 Å². The predicted octanol–water partition coefficient (Wildman–Crippen LogP) is 2.92. The highest BCUT2D eigenvalue weighted by Gasteiger charge is 2.75. The summed E-state index contributed by atoms with van der Waals surface area (Å²) in [7, 11) is 0. The molecule has 1 unspecified atom stereocenters. The molecule has 1 aromatic carbocycles. The topological polar surface area (TPSA) is 90.4 Å². The first-order valence-corrected chi connectivity index (χ1v) is 14.5. The van der Waals surface area contributed by atoms with Crippen LogP contribution in [0.1, 0.15) is 51.5 Å². The molecule has 0 aliphatic carbocycles. The molecular formula is C31H41N3O5. The Hall–Kier alpha value is -2.97. The number of nitrogens with zero attached hydrogens (tertiary/aromatic N) is 3. The summed E-state index contributed by atoms with van der Waals surface area (Å²) in [4.78, 5) is 48.0. The minimum Gasteiger partial charge on any atom is -0.396 e. The number of aliphatic hydroxyl groups excluding tert-OH is 1. The standard InChI is InChI=1S/C31H41N3O5/c1-3-5-9-17-32-18-11-16-31-25(28(37)34(20-12-21-35)26(31)29(32)38)24-27(36)33(22-23-13-7-6-8-14-23)19-10-15-30(24,4-2)39-31/h6-8,10-11,13-16,24-26,35H,3-5,9,12,17-22H2,1-2H3/t24-,25-,26?,30+,31-/m0/s1. The summed E-state index contributed by atoms with van der Waals surface area (Å²) >= 11 is 0. The van der Waals surface area contributed by atoms with E-state index in [-0.39, 0.29) is 30.9 Å². The van der Waals surface area contributed by atoms with Crippen LogP contribution < -0.4 is 0 Å². The number of amides is 3. The van der Waals surface area contributed by atoms with Crippen molar-refractivity contribution in [3.05, 3.63) is 60.2 Å². The van der Waals surface area contributed by atoms with Gasteiger partial charge in [-0.3, -0.25) is 14.4 Å². The zero-order valence-corrected chi connectivity index (χ0v) is 23.1. The molecule has 1 aromatic rings. The molecule has 8 heteroatoms. The lowest BCUT2D eigenvalue weighted by Gasteiger charge is -2.38. The molecule has 0 aromatic heterocycles. The van der Waals surface area contributed by atoms with E-state index >= 15 is 0 Å². The number of carbonyl (C=O) groups excluding carboxylic acids is 3. The number of rotatable bonds is 10. The highest BCUT2D eigenvalue weighted by Crippen LogP contribution is 2.58. The van der Waals surface area contributed by atoms with Crippen molar-refractivity contribution in [3.8, 4) is 0 Å². The average Bonchev–Trinajstić information content (AvgIpc) is 3.24. The average molecular weight is 536 g/mol. The Balaban J connectivity index is 1.56. The van der Waals surface area contributed by atoms with Crippen molar-refractivity contribution in [1.29, 1.82) is 0 Å². The van der Waals surface area contributed by atoms with Gasteiger partial charge < -0.3 is 24.5 Å². The van der Waals surface area contributed by atoms with E-state index in [0.717, 1.165) is 24.8 Å². The lowest BCUT2D eigenvalue weighted by atomic mass is 9.73. The minimum absolute atomic E-state index is 0.0892. The molecule has 0 saturated carbocycles. The number of hydrogen-bond donors (Lipinski definition) is 1. The number of unbranched alkanes of at least 4 members (excludes halogenated alkanes) is 2. The largest absolute Gasteiger partial charge is 0.396 e. The second-order valence-corrected chi connectivity index (χ2v) is 11.2. The molecule has 2 saturated heterocycles. The molecule has 5 rings (SSSR count). The molecule has 39 heavy (non-hydrogen) atoms. The fourth-order valence-electron chi connectivity index (χ4n) is 7.04. The Kier molecular flexibility index (Phi) is 7.96. The van der Waals surface area contributed by atoms with E-state index in [9.17, 15) is 19.5 Å². The zero-order chi connectivity index (χ0) is 27.6. The first-order valence-electron chi connectivity index (χ1n) is 14.5. The van der Waals surface area contributed by atoms with Crippen molar-refractivity contribution >= 4 is 17.7 Å². The number of carbonyl (C=O) groups is 3. The molecule has 0 radical (unpaired) electrons. The fraction of sp³-hybridized carbons (Fsp3) is 0.581. The molecule has 1 N–H and O–H groups in total. The number of aliphatic hydroxyl groups is 1. The van der Waals surface area contributed by atoms with Crippen LogP contribution >= 0.6 is 0 Å². The van der Waals surface area contributed by atoms with Crippen LogP contribution in [0, 0.1) is 11.8 Å². The Labute approximate surface area is 231 Å². The van der Waals surface area contributed by atoms with Gasteiger partial charge in [0.25, 0.3) is 0 Å². The number of likely N-dealkylation sites (tertiary alicyclic amines) is 1. The van der Waals surface area contributed by atoms with Gasteiger partial charge in [0, 0.05) is 39.3 Å². The molecule has 4 aliphatic heterocycles. The summed E-state index contributed by atoms with van der Waals surface area (Å²) in [6.45, 7) is 6.20. The van der Waals surface area contributed by atoms with Crippen molar-refractivity contribution in [1.82, 2.24) is 14.7 Å². The second-order valence-electron chi connectivity index (χ2n) is 11.2. The minimum atomic E-state index is -1.24. The molecule has 0 bridgehead atoms. The van der Waals surface area contributed by atoms with Gasteiger partial charge in [0.05, 0.1) is 17.4 Å².